The maximum atomic E-state index is 2.47. The summed E-state index contributed by atoms with van der Waals surface area (Å²) in [5, 5.41) is 0. The van der Waals surface area contributed by atoms with Gasteiger partial charge < -0.3 is 0 Å². The average molecular weight is 136 g/mol. The standard InChI is InChI=1S/C10H16/c1-2-4-10-7-5-9(3-1)6-8-10/h5,7,9-10H,1-4,6,8H2. The molecule has 0 aromatic rings. The first-order chi connectivity index (χ1) is 4.95. The van der Waals surface area contributed by atoms with Crippen LogP contribution < -0.4 is 0 Å². The first kappa shape index (κ1) is 6.45. The second kappa shape index (κ2) is 2.77. The van der Waals surface area contributed by atoms with Gasteiger partial charge in [0, 0.05) is 0 Å². The van der Waals surface area contributed by atoms with Crippen LogP contribution in [-0.2, 0) is 0 Å². The van der Waals surface area contributed by atoms with E-state index in [2.05, 4.69) is 12.2 Å². The van der Waals surface area contributed by atoms with Gasteiger partial charge in [-0.1, -0.05) is 25.0 Å². The number of rotatable bonds is 0. The van der Waals surface area contributed by atoms with Gasteiger partial charge in [0.25, 0.3) is 0 Å². The highest BCUT2D eigenvalue weighted by Crippen LogP contribution is 2.32. The Morgan fingerprint density at radius 3 is 1.60 bits per heavy atom. The summed E-state index contributed by atoms with van der Waals surface area (Å²) in [6.07, 6.45) is 13.8. The minimum atomic E-state index is 0.955. The van der Waals surface area contributed by atoms with Crippen LogP contribution in [0.4, 0.5) is 0 Å². The lowest BCUT2D eigenvalue weighted by molar-refractivity contribution is 0.361. The molecule has 10 heavy (non-hydrogen) atoms. The van der Waals surface area contributed by atoms with E-state index < -0.39 is 0 Å². The van der Waals surface area contributed by atoms with Crippen LogP contribution in [0.15, 0.2) is 12.2 Å². The predicted molar refractivity (Wildman–Crippen MR) is 43.8 cm³/mol. The monoisotopic (exact) mass is 136 g/mol. The quantitative estimate of drug-likeness (QED) is 0.449. The third-order valence-corrected chi connectivity index (χ3v) is 2.96. The molecule has 56 valence electrons. The van der Waals surface area contributed by atoms with Gasteiger partial charge in [-0.3, -0.25) is 0 Å². The summed E-state index contributed by atoms with van der Waals surface area (Å²) in [6.45, 7) is 0. The van der Waals surface area contributed by atoms with Gasteiger partial charge in [0.2, 0.25) is 0 Å². The average Bonchev–Trinajstić information content (AvgIpc) is 1.89. The summed E-state index contributed by atoms with van der Waals surface area (Å²) in [6, 6.07) is 0. The molecule has 3 aliphatic rings. The molecule has 0 saturated heterocycles. The highest BCUT2D eigenvalue weighted by molar-refractivity contribution is 4.99. The Morgan fingerprint density at radius 2 is 1.20 bits per heavy atom. The van der Waals surface area contributed by atoms with Crippen LogP contribution in [-0.4, -0.2) is 0 Å². The zero-order chi connectivity index (χ0) is 6.81. The maximum absolute atomic E-state index is 2.47. The molecule has 1 fully saturated rings. The van der Waals surface area contributed by atoms with Crippen LogP contribution in [0.3, 0.4) is 0 Å². The van der Waals surface area contributed by atoms with E-state index in [1.165, 1.54) is 38.5 Å². The van der Waals surface area contributed by atoms with Crippen LogP contribution in [0, 0.1) is 11.8 Å². The van der Waals surface area contributed by atoms with E-state index in [9.17, 15) is 0 Å². The van der Waals surface area contributed by atoms with Crippen LogP contribution >= 0.6 is 0 Å². The Morgan fingerprint density at radius 1 is 0.700 bits per heavy atom. The molecule has 0 spiro atoms. The van der Waals surface area contributed by atoms with Crippen molar-refractivity contribution in [1.29, 1.82) is 0 Å². The van der Waals surface area contributed by atoms with Gasteiger partial charge >= 0.3 is 0 Å². The van der Waals surface area contributed by atoms with E-state index >= 15 is 0 Å². The molecule has 3 aliphatic carbocycles. The SMILES string of the molecule is C1=CC2CCCCC1CC2. The van der Waals surface area contributed by atoms with Gasteiger partial charge in [-0.05, 0) is 37.5 Å². The van der Waals surface area contributed by atoms with Crippen molar-refractivity contribution in [3.63, 3.8) is 0 Å². The lowest BCUT2D eigenvalue weighted by Gasteiger charge is -2.26. The second-order valence-electron chi connectivity index (χ2n) is 3.77. The maximum Gasteiger partial charge on any atom is -0.0233 e. The van der Waals surface area contributed by atoms with Crippen LogP contribution in [0.2, 0.25) is 0 Å². The van der Waals surface area contributed by atoms with Crippen molar-refractivity contribution >= 4 is 0 Å². The largest absolute Gasteiger partial charge is 0.0851 e. The molecule has 0 aromatic heterocycles. The first-order valence-electron chi connectivity index (χ1n) is 4.63. The minimum Gasteiger partial charge on any atom is -0.0851 e. The smallest absolute Gasteiger partial charge is 0.0233 e. The van der Waals surface area contributed by atoms with E-state index in [-0.39, 0.29) is 0 Å². The highest BCUT2D eigenvalue weighted by atomic mass is 14.2. The Labute approximate surface area is 63.3 Å². The summed E-state index contributed by atoms with van der Waals surface area (Å²) in [5.41, 5.74) is 0. The van der Waals surface area contributed by atoms with Crippen LogP contribution in [0.25, 0.3) is 0 Å². The molecular formula is C10H16. The van der Waals surface area contributed by atoms with Crippen molar-refractivity contribution in [3.8, 4) is 0 Å². The van der Waals surface area contributed by atoms with Gasteiger partial charge in [0.15, 0.2) is 0 Å². The van der Waals surface area contributed by atoms with Gasteiger partial charge in [0.1, 0.15) is 0 Å². The lowest BCUT2D eigenvalue weighted by atomic mass is 9.80. The highest BCUT2D eigenvalue weighted by Gasteiger charge is 2.17. The molecule has 2 atom stereocenters. The third-order valence-electron chi connectivity index (χ3n) is 2.96. The molecule has 0 heterocycles. The molecule has 1 saturated carbocycles. The van der Waals surface area contributed by atoms with E-state index in [1.54, 1.807) is 0 Å². The molecular weight excluding hydrogens is 120 g/mol. The van der Waals surface area contributed by atoms with Gasteiger partial charge in [-0.25, -0.2) is 0 Å². The zero-order valence-corrected chi connectivity index (χ0v) is 6.55. The molecule has 3 rings (SSSR count). The lowest BCUT2D eigenvalue weighted by Crippen LogP contribution is -2.11. The molecule has 0 heteroatoms. The number of fused-ring (bicyclic) bond motifs is 4. The van der Waals surface area contributed by atoms with E-state index in [0.717, 1.165) is 11.8 Å². The molecule has 0 nitrogen and oxygen atoms in total. The van der Waals surface area contributed by atoms with Crippen LogP contribution in [0.5, 0.6) is 0 Å². The van der Waals surface area contributed by atoms with E-state index in [1.807, 2.05) is 0 Å². The first-order valence-corrected chi connectivity index (χ1v) is 4.63. The fourth-order valence-electron chi connectivity index (χ4n) is 2.23. The van der Waals surface area contributed by atoms with Crippen molar-refractivity contribution < 1.29 is 0 Å². The Hall–Kier alpha value is -0.260. The van der Waals surface area contributed by atoms with Crippen molar-refractivity contribution in [2.24, 2.45) is 11.8 Å². The van der Waals surface area contributed by atoms with Crippen molar-refractivity contribution in [2.75, 3.05) is 0 Å². The summed E-state index contributed by atoms with van der Waals surface area (Å²) < 4.78 is 0. The summed E-state index contributed by atoms with van der Waals surface area (Å²) in [4.78, 5) is 0. The van der Waals surface area contributed by atoms with Gasteiger partial charge in [-0.15, -0.1) is 0 Å². The van der Waals surface area contributed by atoms with Crippen molar-refractivity contribution in [2.45, 2.75) is 38.5 Å². The molecule has 0 aliphatic heterocycles. The fourth-order valence-corrected chi connectivity index (χ4v) is 2.23. The van der Waals surface area contributed by atoms with Crippen molar-refractivity contribution in [3.05, 3.63) is 12.2 Å². The molecule has 2 bridgehead atoms. The normalized spacial score (nSPS) is 39.2. The number of hydrogen-bond donors (Lipinski definition) is 0. The number of allylic oxidation sites excluding steroid dienone is 2. The Balaban J connectivity index is 2.07. The number of hydrogen-bond acceptors (Lipinski definition) is 0. The molecule has 0 radical (unpaired) electrons. The minimum absolute atomic E-state index is 0.955. The fraction of sp³-hybridized carbons (Fsp3) is 0.800. The van der Waals surface area contributed by atoms with Gasteiger partial charge in [-0.2, -0.15) is 0 Å². The molecule has 0 aromatic carbocycles. The Bertz CT molecular complexity index is 119. The molecule has 0 amide bonds. The molecule has 0 N–H and O–H groups in total. The zero-order valence-electron chi connectivity index (χ0n) is 6.55. The van der Waals surface area contributed by atoms with E-state index in [0.29, 0.717) is 0 Å². The van der Waals surface area contributed by atoms with Crippen LogP contribution in [0.1, 0.15) is 38.5 Å². The second-order valence-corrected chi connectivity index (χ2v) is 3.77. The summed E-state index contributed by atoms with van der Waals surface area (Å²) >= 11 is 0. The van der Waals surface area contributed by atoms with Crippen molar-refractivity contribution in [1.82, 2.24) is 0 Å². The third kappa shape index (κ3) is 1.25. The summed E-state index contributed by atoms with van der Waals surface area (Å²) in [5.74, 6) is 1.91. The predicted octanol–water partition coefficient (Wildman–Crippen LogP) is 3.14. The summed E-state index contributed by atoms with van der Waals surface area (Å²) in [7, 11) is 0. The van der Waals surface area contributed by atoms with E-state index in [4.69, 9.17) is 0 Å². The molecule has 2 unspecified atom stereocenters. The topological polar surface area (TPSA) is 0 Å². The Kier molecular flexibility index (Phi) is 1.79. The van der Waals surface area contributed by atoms with Gasteiger partial charge in [0.05, 0.1) is 0 Å².